The summed E-state index contributed by atoms with van der Waals surface area (Å²) < 4.78 is 43.2. The summed E-state index contributed by atoms with van der Waals surface area (Å²) in [6.07, 6.45) is -1.59. The number of thiazole rings is 1. The Morgan fingerprint density at radius 1 is 1.38 bits per heavy atom. The highest BCUT2D eigenvalue weighted by Crippen LogP contribution is 2.48. The highest BCUT2D eigenvalue weighted by atomic mass is 32.7. The first-order chi connectivity index (χ1) is 13.9. The van der Waals surface area contributed by atoms with Gasteiger partial charge < -0.3 is 27.7 Å². The van der Waals surface area contributed by atoms with Gasteiger partial charge >= 0.3 is 6.72 Å². The van der Waals surface area contributed by atoms with Gasteiger partial charge in [-0.15, -0.1) is 16.4 Å². The van der Waals surface area contributed by atoms with Crippen LogP contribution in [0.1, 0.15) is 5.82 Å². The molecule has 0 aromatic carbocycles. The lowest BCUT2D eigenvalue weighted by atomic mass is 10.2. The lowest BCUT2D eigenvalue weighted by molar-refractivity contribution is 0.0309. The molecule has 4 rings (SSSR count). The minimum atomic E-state index is -3.56. The van der Waals surface area contributed by atoms with E-state index in [1.165, 1.54) is 11.3 Å². The predicted molar refractivity (Wildman–Crippen MR) is 110 cm³/mol. The zero-order valence-electron chi connectivity index (χ0n) is 14.7. The normalized spacial score (nSPS) is 34.3. The molecule has 29 heavy (non-hydrogen) atoms. The second-order valence-corrected chi connectivity index (χ2v) is 11.7. The molecular formula is C13H17FN4O6P2S3. The molecule has 2 aliphatic rings. The minimum absolute atomic E-state index is 0.0127. The molecule has 0 saturated carbocycles. The van der Waals surface area contributed by atoms with Crippen LogP contribution in [0.5, 0.6) is 0 Å². The molecule has 160 valence electrons. The maximum absolute atomic E-state index is 14.5. The van der Waals surface area contributed by atoms with Gasteiger partial charge in [-0.1, -0.05) is 12.2 Å². The summed E-state index contributed by atoms with van der Waals surface area (Å²) in [5.74, 6) is 0.966. The van der Waals surface area contributed by atoms with E-state index in [9.17, 15) is 9.28 Å². The lowest BCUT2D eigenvalue weighted by Gasteiger charge is -2.20. The molecule has 1 saturated heterocycles. The van der Waals surface area contributed by atoms with Crippen LogP contribution in [0.15, 0.2) is 11.7 Å². The summed E-state index contributed by atoms with van der Waals surface area (Å²) in [6, 6.07) is 0. The summed E-state index contributed by atoms with van der Waals surface area (Å²) in [6.45, 7) is -3.49. The fourth-order valence-electron chi connectivity index (χ4n) is 2.67. The van der Waals surface area contributed by atoms with Crippen LogP contribution in [0.3, 0.4) is 0 Å². The Labute approximate surface area is 181 Å². The third kappa shape index (κ3) is 5.58. The Kier molecular flexibility index (Phi) is 7.30. The third-order valence-corrected chi connectivity index (χ3v) is 7.89. The van der Waals surface area contributed by atoms with Crippen molar-refractivity contribution in [2.45, 2.75) is 31.5 Å². The molecule has 0 amide bonds. The van der Waals surface area contributed by atoms with Crippen molar-refractivity contribution in [2.75, 3.05) is 19.8 Å². The summed E-state index contributed by atoms with van der Waals surface area (Å²) in [5, 5.41) is 4.44. The number of alkyl halides is 1. The van der Waals surface area contributed by atoms with Crippen molar-refractivity contribution in [1.29, 1.82) is 0 Å². The number of rotatable bonds is 1. The monoisotopic (exact) mass is 502 g/mol. The first-order valence-electron chi connectivity index (χ1n) is 8.40. The Morgan fingerprint density at radius 2 is 2.24 bits per heavy atom. The second-order valence-electron chi connectivity index (χ2n) is 6.01. The highest BCUT2D eigenvalue weighted by Gasteiger charge is 2.41. The number of ether oxygens (including phenoxy) is 1. The van der Waals surface area contributed by atoms with Crippen molar-refractivity contribution in [2.24, 2.45) is 0 Å². The number of aromatic nitrogens is 4. The van der Waals surface area contributed by atoms with E-state index in [-0.39, 0.29) is 33.0 Å². The van der Waals surface area contributed by atoms with Crippen LogP contribution in [0, 0.1) is 0 Å². The van der Waals surface area contributed by atoms with E-state index < -0.39 is 32.7 Å². The van der Waals surface area contributed by atoms with Gasteiger partial charge in [0.05, 0.1) is 36.8 Å². The molecule has 10 nitrogen and oxygen atoms in total. The number of thiol groups is 1. The Hall–Kier alpha value is -0.110. The van der Waals surface area contributed by atoms with E-state index in [0.717, 1.165) is 4.88 Å². The zero-order valence-corrected chi connectivity index (χ0v) is 19.1. The van der Waals surface area contributed by atoms with Crippen molar-refractivity contribution in [3.05, 3.63) is 17.5 Å². The van der Waals surface area contributed by atoms with Crippen molar-refractivity contribution >= 4 is 49.7 Å². The molecule has 2 unspecified atom stereocenters. The van der Waals surface area contributed by atoms with E-state index in [2.05, 4.69) is 27.3 Å². The van der Waals surface area contributed by atoms with Gasteiger partial charge in [0, 0.05) is 6.20 Å². The largest absolute Gasteiger partial charge is 0.370 e. The van der Waals surface area contributed by atoms with E-state index in [0.29, 0.717) is 11.6 Å². The summed E-state index contributed by atoms with van der Waals surface area (Å²) in [7, 11) is -1.68. The van der Waals surface area contributed by atoms with Crippen molar-refractivity contribution in [3.8, 4) is 10.7 Å². The van der Waals surface area contributed by atoms with Gasteiger partial charge in [-0.05, 0) is 11.8 Å². The Balaban J connectivity index is 1.55. The fraction of sp³-hybridized carbons (Fsp3) is 0.615. The van der Waals surface area contributed by atoms with Gasteiger partial charge in [0.15, 0.2) is 17.8 Å². The van der Waals surface area contributed by atoms with Crippen molar-refractivity contribution in [3.63, 3.8) is 0 Å². The van der Waals surface area contributed by atoms with Gasteiger partial charge in [0.25, 0.3) is 0 Å². The first kappa shape index (κ1) is 22.1. The molecule has 2 aromatic heterocycles. The second kappa shape index (κ2) is 9.58. The molecule has 4 heterocycles. The van der Waals surface area contributed by atoms with Crippen LogP contribution in [0.4, 0.5) is 4.39 Å². The molecule has 2 aliphatic heterocycles. The molecule has 2 bridgehead atoms. The van der Waals surface area contributed by atoms with Crippen molar-refractivity contribution in [1.82, 2.24) is 19.7 Å². The van der Waals surface area contributed by atoms with E-state index in [1.807, 2.05) is 0 Å². The highest BCUT2D eigenvalue weighted by molar-refractivity contribution is 8.41. The molecule has 1 N–H and O–H groups in total. The number of halogens is 1. The number of hydrogen-bond donors (Lipinski definition) is 2. The minimum Gasteiger partial charge on any atom is -0.370 e. The topological polar surface area (TPSA) is 110 Å². The fourth-order valence-corrected chi connectivity index (χ4v) is 5.58. The molecule has 0 radical (unpaired) electrons. The standard InChI is InChI=1S/C13H17FN4O6P2S3/c14-12-8-5-23-26(19,28)22-2-1-18-11(6-21-25(27)24-9(12)4-20-8)16-13(17-18)10-3-15-7-29-10/h3,7-9,12,27H,1-2,4-6H2,(H,19,28)/t8-,9+,12-,25?,26?/m1/s1. The first-order valence-corrected chi connectivity index (χ1v) is 14.2. The lowest BCUT2D eigenvalue weighted by Crippen LogP contribution is -2.30. The van der Waals surface area contributed by atoms with Crippen LogP contribution < -0.4 is 0 Å². The SMILES string of the molecule is OP1(=S)OCCn2nc(-c3cncs3)nc2COP(S)O[C@H]2CO[C@H](CO1)[C@H]2F. The average Bonchev–Trinajstić information content (AvgIpc) is 3.40. The van der Waals surface area contributed by atoms with Crippen LogP contribution in [-0.2, 0) is 47.8 Å². The quantitative estimate of drug-likeness (QED) is 0.446. The smallest absolute Gasteiger partial charge is 0.324 e. The summed E-state index contributed by atoms with van der Waals surface area (Å²) in [4.78, 5) is 19.5. The van der Waals surface area contributed by atoms with Crippen LogP contribution in [0.2, 0.25) is 0 Å². The van der Waals surface area contributed by atoms with E-state index >= 15 is 0 Å². The third-order valence-electron chi connectivity index (χ3n) is 4.08. The van der Waals surface area contributed by atoms with Gasteiger partial charge in [0.2, 0.25) is 7.58 Å². The molecule has 5 atom stereocenters. The van der Waals surface area contributed by atoms with E-state index in [1.54, 1.807) is 16.4 Å². The van der Waals surface area contributed by atoms with Gasteiger partial charge in [-0.2, -0.15) is 0 Å². The molecule has 2 aromatic rings. The summed E-state index contributed by atoms with van der Waals surface area (Å²) in [5.41, 5.74) is 1.68. The molecule has 16 heteroatoms. The predicted octanol–water partition coefficient (Wildman–Crippen LogP) is 2.46. The van der Waals surface area contributed by atoms with Crippen molar-refractivity contribution < 1.29 is 32.1 Å². The zero-order chi connectivity index (χ0) is 20.4. The maximum Gasteiger partial charge on any atom is 0.324 e. The van der Waals surface area contributed by atoms with Gasteiger partial charge in [-0.3, -0.25) is 4.98 Å². The Morgan fingerprint density at radius 3 is 3.03 bits per heavy atom. The molecule has 0 spiro atoms. The Bertz CT molecular complexity index is 877. The maximum atomic E-state index is 14.5. The van der Waals surface area contributed by atoms with Gasteiger partial charge in [0.1, 0.15) is 18.8 Å². The van der Waals surface area contributed by atoms with Crippen LogP contribution in [-0.4, -0.2) is 62.8 Å². The summed E-state index contributed by atoms with van der Waals surface area (Å²) >= 11 is 10.7. The number of hydrogen-bond acceptors (Lipinski definition) is 11. The number of fused-ring (bicyclic) bond motifs is 3. The molecule has 1 fully saturated rings. The molecular weight excluding hydrogens is 485 g/mol. The molecule has 0 aliphatic carbocycles. The van der Waals surface area contributed by atoms with E-state index in [4.69, 9.17) is 34.6 Å². The average molecular weight is 502 g/mol. The number of nitrogens with zero attached hydrogens (tertiary/aromatic N) is 4. The van der Waals surface area contributed by atoms with Crippen LogP contribution in [0.25, 0.3) is 10.7 Å². The van der Waals surface area contributed by atoms with Crippen LogP contribution >= 0.6 is 37.9 Å². The van der Waals surface area contributed by atoms with Gasteiger partial charge in [-0.25, -0.2) is 14.1 Å².